The van der Waals surface area contributed by atoms with E-state index in [9.17, 15) is 0 Å². The molecule has 0 unspecified atom stereocenters. The molecule has 2 heteroatoms. The third-order valence-electron chi connectivity index (χ3n) is 10.8. The first-order valence-corrected chi connectivity index (χ1v) is 17.8. The number of nitrogens with zero attached hydrogens (tertiary/aromatic N) is 2. The molecule has 2 aliphatic rings. The van der Waals surface area contributed by atoms with Gasteiger partial charge in [0.25, 0.3) is 0 Å². The third-order valence-corrected chi connectivity index (χ3v) is 10.8. The summed E-state index contributed by atoms with van der Waals surface area (Å²) in [5, 5.41) is 5.29. The average Bonchev–Trinajstić information content (AvgIpc) is 3.19. The van der Waals surface area contributed by atoms with Gasteiger partial charge < -0.3 is 9.13 Å². The van der Waals surface area contributed by atoms with Crippen LogP contribution in [0.1, 0.15) is 13.8 Å². The second kappa shape index (κ2) is 11.2. The van der Waals surface area contributed by atoms with Gasteiger partial charge in [0.15, 0.2) is 0 Å². The molecule has 0 aromatic heterocycles. The second-order valence-electron chi connectivity index (χ2n) is 13.5. The van der Waals surface area contributed by atoms with Crippen LogP contribution in [0, 0.1) is 0 Å². The highest BCUT2D eigenvalue weighted by Gasteiger charge is 2.26. The predicted octanol–water partition coefficient (Wildman–Crippen LogP) is 13.2. The van der Waals surface area contributed by atoms with Crippen LogP contribution in [0.5, 0.6) is 0 Å². The summed E-state index contributed by atoms with van der Waals surface area (Å²) in [6, 6.07) is 58.4. The van der Waals surface area contributed by atoms with Gasteiger partial charge in [-0.05, 0) is 118 Å². The fraction of sp³-hybridized carbons (Fsp3) is 0.0833. The summed E-state index contributed by atoms with van der Waals surface area (Å²) in [6.45, 7) is 6.35. The van der Waals surface area contributed by atoms with E-state index in [4.69, 9.17) is 0 Å². The van der Waals surface area contributed by atoms with Gasteiger partial charge in [-0.15, -0.1) is 0 Å². The maximum absolute atomic E-state index is 2.54. The minimum absolute atomic E-state index is 0.891. The molecule has 0 amide bonds. The van der Waals surface area contributed by atoms with Crippen molar-refractivity contribution < 1.29 is 0 Å². The zero-order chi connectivity index (χ0) is 33.3. The highest BCUT2D eigenvalue weighted by atomic mass is 15.0. The summed E-state index contributed by atoms with van der Waals surface area (Å²) in [6.07, 6.45) is 0. The van der Waals surface area contributed by atoms with Crippen LogP contribution in [0.15, 0.2) is 158 Å². The number of aromatic nitrogens is 2. The fourth-order valence-corrected chi connectivity index (χ4v) is 8.54. The molecule has 2 nitrogen and oxygen atoms in total. The van der Waals surface area contributed by atoms with Crippen molar-refractivity contribution in [3.63, 3.8) is 0 Å². The van der Waals surface area contributed by atoms with Crippen molar-refractivity contribution in [2.24, 2.45) is 0 Å². The first-order chi connectivity index (χ1) is 24.7. The van der Waals surface area contributed by atoms with Gasteiger partial charge in [-0.2, -0.15) is 0 Å². The summed E-state index contributed by atoms with van der Waals surface area (Å²) < 4.78 is 5.09. The largest absolute Gasteiger partial charge is 0.341 e. The molecule has 8 aromatic rings. The van der Waals surface area contributed by atoms with E-state index in [1.54, 1.807) is 0 Å². The van der Waals surface area contributed by atoms with Crippen molar-refractivity contribution in [3.8, 4) is 55.6 Å². The predicted molar refractivity (Wildman–Crippen MR) is 213 cm³/mol. The standard InChI is InChI=1S/C48H36N2/c1-3-49-41-23-21-38-28-40(36-20-12-18-34(26-36)32-15-9-6-10-16-32)30-44-46(38)47(41)48-42(50(44)4-2)24-22-37-27-39(29-43(49)45(37)48)35-19-11-17-33(25-35)31-13-7-5-8-14-31/h5-30H,3-4H2,1-2H3. The lowest BCUT2D eigenvalue weighted by Gasteiger charge is -2.29. The van der Waals surface area contributed by atoms with Crippen molar-refractivity contribution in [2.75, 3.05) is 0 Å². The van der Waals surface area contributed by atoms with Crippen molar-refractivity contribution in [2.45, 2.75) is 26.9 Å². The summed E-state index contributed by atoms with van der Waals surface area (Å²) >= 11 is 0. The van der Waals surface area contributed by atoms with Crippen LogP contribution < -0.4 is 0 Å². The molecule has 0 radical (unpaired) electrons. The van der Waals surface area contributed by atoms with Crippen LogP contribution >= 0.6 is 0 Å². The van der Waals surface area contributed by atoms with E-state index in [0.29, 0.717) is 0 Å². The van der Waals surface area contributed by atoms with E-state index in [1.807, 2.05) is 0 Å². The summed E-state index contributed by atoms with van der Waals surface area (Å²) in [4.78, 5) is 0. The van der Waals surface area contributed by atoms with Crippen LogP contribution in [0.3, 0.4) is 0 Å². The Morgan fingerprint density at radius 3 is 1.10 bits per heavy atom. The quantitative estimate of drug-likeness (QED) is 0.126. The summed E-state index contributed by atoms with van der Waals surface area (Å²) in [5.41, 5.74) is 17.9. The van der Waals surface area contributed by atoms with E-state index in [0.717, 1.165) is 13.1 Å². The number of hydrogen-bond acceptors (Lipinski definition) is 0. The molecule has 0 atom stereocenters. The average molecular weight is 641 g/mol. The molecule has 0 N–H and O–H groups in total. The van der Waals surface area contributed by atoms with Gasteiger partial charge in [-0.1, -0.05) is 109 Å². The minimum atomic E-state index is 0.891. The van der Waals surface area contributed by atoms with E-state index in [1.165, 1.54) is 99.2 Å². The van der Waals surface area contributed by atoms with Crippen molar-refractivity contribution >= 4 is 43.6 Å². The molecular formula is C48H36N2. The van der Waals surface area contributed by atoms with Gasteiger partial charge >= 0.3 is 0 Å². The second-order valence-corrected chi connectivity index (χ2v) is 13.5. The molecule has 2 aliphatic heterocycles. The number of benzene rings is 8. The molecule has 0 aliphatic carbocycles. The van der Waals surface area contributed by atoms with Crippen LogP contribution in [0.2, 0.25) is 0 Å². The van der Waals surface area contributed by atoms with Crippen molar-refractivity contribution in [1.82, 2.24) is 9.13 Å². The third kappa shape index (κ3) is 4.28. The summed E-state index contributed by atoms with van der Waals surface area (Å²) in [5.74, 6) is 0. The van der Waals surface area contributed by atoms with Gasteiger partial charge in [0.2, 0.25) is 0 Å². The maximum Gasteiger partial charge on any atom is 0.0503 e. The fourth-order valence-electron chi connectivity index (χ4n) is 8.54. The van der Waals surface area contributed by atoms with E-state index in [-0.39, 0.29) is 0 Å². The van der Waals surface area contributed by atoms with Crippen LogP contribution in [0.25, 0.3) is 99.2 Å². The Morgan fingerprint density at radius 2 is 0.700 bits per heavy atom. The van der Waals surface area contributed by atoms with Gasteiger partial charge in [0.1, 0.15) is 0 Å². The Hall–Kier alpha value is -6.12. The molecule has 50 heavy (non-hydrogen) atoms. The van der Waals surface area contributed by atoms with Gasteiger partial charge in [-0.3, -0.25) is 0 Å². The van der Waals surface area contributed by atoms with Gasteiger partial charge in [0, 0.05) is 46.0 Å². The Labute approximate surface area is 292 Å². The SMILES string of the molecule is CCn1c2ccc3cc(-c4cccc(-c5ccccc5)c4)cc4c3c2-c2c3c(ccc2n4CC)cc(-c2cccc(-c4ccccc4)c2)cc31. The number of rotatable bonds is 6. The lowest BCUT2D eigenvalue weighted by molar-refractivity contribution is 0.813. The van der Waals surface area contributed by atoms with Crippen molar-refractivity contribution in [3.05, 3.63) is 158 Å². The zero-order valence-corrected chi connectivity index (χ0v) is 28.3. The smallest absolute Gasteiger partial charge is 0.0503 e. The van der Waals surface area contributed by atoms with Crippen molar-refractivity contribution in [1.29, 1.82) is 0 Å². The lowest BCUT2D eigenvalue weighted by Crippen LogP contribution is -2.10. The molecule has 0 fully saturated rings. The number of aryl methyl sites for hydroxylation is 2. The topological polar surface area (TPSA) is 9.86 Å². The molecule has 8 aromatic carbocycles. The van der Waals surface area contributed by atoms with Gasteiger partial charge in [-0.25, -0.2) is 0 Å². The molecule has 0 saturated heterocycles. The first kappa shape index (κ1) is 28.9. The molecule has 10 rings (SSSR count). The van der Waals surface area contributed by atoms with Gasteiger partial charge in [0.05, 0.1) is 11.0 Å². The normalized spacial score (nSPS) is 12.0. The molecule has 0 spiro atoms. The summed E-state index contributed by atoms with van der Waals surface area (Å²) in [7, 11) is 0. The Morgan fingerprint density at radius 1 is 0.320 bits per heavy atom. The Kier molecular flexibility index (Phi) is 6.47. The van der Waals surface area contributed by atoms with Crippen LogP contribution in [0.4, 0.5) is 0 Å². The highest BCUT2D eigenvalue weighted by molar-refractivity contribution is 6.26. The highest BCUT2D eigenvalue weighted by Crippen LogP contribution is 2.49. The monoisotopic (exact) mass is 640 g/mol. The first-order valence-electron chi connectivity index (χ1n) is 17.8. The number of pyridine rings is 2. The number of hydrogen-bond donors (Lipinski definition) is 0. The minimum Gasteiger partial charge on any atom is -0.341 e. The van der Waals surface area contributed by atoms with E-state index in [2.05, 4.69) is 181 Å². The molecule has 0 saturated carbocycles. The van der Waals surface area contributed by atoms with E-state index < -0.39 is 0 Å². The molecule has 2 heterocycles. The molecule has 0 bridgehead atoms. The molecule has 238 valence electrons. The zero-order valence-electron chi connectivity index (χ0n) is 28.3. The lowest BCUT2D eigenvalue weighted by atomic mass is 9.85. The Bertz CT molecular complexity index is 2620. The molecular weight excluding hydrogens is 605 g/mol. The van der Waals surface area contributed by atoms with E-state index >= 15 is 0 Å². The van der Waals surface area contributed by atoms with Crippen LogP contribution in [-0.4, -0.2) is 9.13 Å². The maximum atomic E-state index is 2.54. The van der Waals surface area contributed by atoms with Crippen LogP contribution in [-0.2, 0) is 13.1 Å². The Balaban J connectivity index is 1.23.